The number of nitrogens with zero attached hydrogens (tertiary/aromatic N) is 3. The lowest BCUT2D eigenvalue weighted by Crippen LogP contribution is -2.49. The quantitative estimate of drug-likeness (QED) is 0.633. The highest BCUT2D eigenvalue weighted by Crippen LogP contribution is 2.18. The van der Waals surface area contributed by atoms with E-state index in [9.17, 15) is 16.8 Å². The molecule has 0 N–H and O–H groups in total. The molecule has 27 heavy (non-hydrogen) atoms. The Hall–Kier alpha value is -1.33. The van der Waals surface area contributed by atoms with Gasteiger partial charge in [-0.05, 0) is 36.4 Å². The summed E-state index contributed by atoms with van der Waals surface area (Å²) in [5.74, 6) is 0.00396. The molecule has 1 aromatic carbocycles. The predicted octanol–water partition coefficient (Wildman–Crippen LogP) is 1.62. The van der Waals surface area contributed by atoms with Crippen LogP contribution in [0.4, 0.5) is 0 Å². The molecule has 0 radical (unpaired) electrons. The maximum Gasteiger partial charge on any atom is 0.244 e. The van der Waals surface area contributed by atoms with Gasteiger partial charge in [0.1, 0.15) is 4.90 Å². The highest BCUT2D eigenvalue weighted by atomic mass is 79.9. The van der Waals surface area contributed by atoms with Gasteiger partial charge >= 0.3 is 0 Å². The molecule has 2 heterocycles. The van der Waals surface area contributed by atoms with Crippen molar-refractivity contribution in [2.45, 2.75) is 9.79 Å². The second-order valence-corrected chi connectivity index (χ2v) is 11.2. The minimum absolute atomic E-state index is 0.00396. The first kappa shape index (κ1) is 20.4. The van der Waals surface area contributed by atoms with Gasteiger partial charge in [-0.3, -0.25) is 9.88 Å². The average molecular weight is 474 g/mol. The summed E-state index contributed by atoms with van der Waals surface area (Å²) in [5.41, 5.74) is 0. The van der Waals surface area contributed by atoms with Crippen molar-refractivity contribution in [2.75, 3.05) is 38.5 Å². The first-order valence-corrected chi connectivity index (χ1v) is 12.3. The molecular formula is C17H20BrN3O4S2. The molecule has 1 fully saturated rings. The number of aromatic nitrogens is 1. The molecule has 3 rings (SSSR count). The van der Waals surface area contributed by atoms with Crippen LogP contribution in [0.5, 0.6) is 0 Å². The number of pyridine rings is 1. The molecule has 0 bridgehead atoms. The van der Waals surface area contributed by atoms with Crippen LogP contribution in [0, 0.1) is 0 Å². The number of benzene rings is 1. The van der Waals surface area contributed by atoms with Gasteiger partial charge in [0.15, 0.2) is 9.84 Å². The van der Waals surface area contributed by atoms with E-state index in [0.717, 1.165) is 4.47 Å². The van der Waals surface area contributed by atoms with Gasteiger partial charge in [-0.2, -0.15) is 4.31 Å². The van der Waals surface area contributed by atoms with Crippen molar-refractivity contribution in [1.82, 2.24) is 14.2 Å². The van der Waals surface area contributed by atoms with Crippen LogP contribution in [0.15, 0.2) is 63.1 Å². The third-order valence-corrected chi connectivity index (χ3v) is 8.57. The predicted molar refractivity (Wildman–Crippen MR) is 106 cm³/mol. The topological polar surface area (TPSA) is 87.7 Å². The molecule has 0 aliphatic carbocycles. The molecule has 1 aliphatic rings. The molecule has 1 saturated heterocycles. The maximum absolute atomic E-state index is 12.6. The number of sulfone groups is 1. The molecule has 0 atom stereocenters. The Morgan fingerprint density at radius 2 is 1.59 bits per heavy atom. The first-order chi connectivity index (χ1) is 12.8. The first-order valence-electron chi connectivity index (χ1n) is 8.40. The lowest BCUT2D eigenvalue weighted by molar-refractivity contribution is 0.197. The molecule has 0 spiro atoms. The third-order valence-electron chi connectivity index (χ3n) is 4.45. The maximum atomic E-state index is 12.6. The fraction of sp³-hybridized carbons (Fsp3) is 0.353. The molecule has 0 unspecified atom stereocenters. The fourth-order valence-corrected chi connectivity index (χ4v) is 5.79. The number of hydrogen-bond donors (Lipinski definition) is 0. The van der Waals surface area contributed by atoms with E-state index in [2.05, 4.69) is 20.9 Å². The van der Waals surface area contributed by atoms with E-state index in [1.54, 1.807) is 30.3 Å². The van der Waals surface area contributed by atoms with Crippen molar-refractivity contribution in [2.24, 2.45) is 0 Å². The molecule has 1 aromatic heterocycles. The Morgan fingerprint density at radius 1 is 0.926 bits per heavy atom. The van der Waals surface area contributed by atoms with Crippen LogP contribution in [0.2, 0.25) is 0 Å². The number of sulfonamides is 1. The summed E-state index contributed by atoms with van der Waals surface area (Å²) in [6, 6.07) is 9.69. The highest BCUT2D eigenvalue weighted by molar-refractivity contribution is 9.10. The number of rotatable bonds is 6. The Balaban J connectivity index is 1.56. The van der Waals surface area contributed by atoms with Gasteiger partial charge in [-0.25, -0.2) is 16.8 Å². The van der Waals surface area contributed by atoms with Crippen molar-refractivity contribution < 1.29 is 16.8 Å². The average Bonchev–Trinajstić information content (AvgIpc) is 2.68. The molecule has 1 aliphatic heterocycles. The van der Waals surface area contributed by atoms with Crippen LogP contribution in [0.1, 0.15) is 0 Å². The third kappa shape index (κ3) is 4.94. The van der Waals surface area contributed by atoms with Gasteiger partial charge in [0.2, 0.25) is 10.0 Å². The smallest absolute Gasteiger partial charge is 0.244 e. The summed E-state index contributed by atoms with van der Waals surface area (Å²) < 4.78 is 52.3. The zero-order chi connectivity index (χ0) is 19.5. The Morgan fingerprint density at radius 3 is 2.19 bits per heavy atom. The second-order valence-electron chi connectivity index (χ2n) is 6.21. The monoisotopic (exact) mass is 473 g/mol. The van der Waals surface area contributed by atoms with Crippen molar-refractivity contribution in [3.8, 4) is 0 Å². The van der Waals surface area contributed by atoms with Crippen molar-refractivity contribution in [1.29, 1.82) is 0 Å². The lowest BCUT2D eigenvalue weighted by atomic mass is 10.4. The van der Waals surface area contributed by atoms with Gasteiger partial charge in [0.05, 0.1) is 10.6 Å². The molecule has 2 aromatic rings. The Labute approximate surface area is 168 Å². The van der Waals surface area contributed by atoms with Crippen molar-refractivity contribution in [3.63, 3.8) is 0 Å². The van der Waals surface area contributed by atoms with Crippen LogP contribution in [0.3, 0.4) is 0 Å². The summed E-state index contributed by atoms with van der Waals surface area (Å²) in [6.45, 7) is 2.02. The number of halogens is 1. The van der Waals surface area contributed by atoms with E-state index >= 15 is 0 Å². The van der Waals surface area contributed by atoms with Crippen LogP contribution < -0.4 is 0 Å². The Kier molecular flexibility index (Phi) is 6.32. The molecule has 0 saturated carbocycles. The molecule has 7 nitrogen and oxygen atoms in total. The van der Waals surface area contributed by atoms with Crippen LogP contribution in [-0.4, -0.2) is 69.5 Å². The molecular weight excluding hydrogens is 454 g/mol. The Bertz CT molecular complexity index is 973. The van der Waals surface area contributed by atoms with Gasteiger partial charge in [0.25, 0.3) is 0 Å². The minimum atomic E-state index is -3.55. The fourth-order valence-electron chi connectivity index (χ4n) is 2.85. The van der Waals surface area contributed by atoms with E-state index in [4.69, 9.17) is 0 Å². The van der Waals surface area contributed by atoms with Crippen LogP contribution in [0.25, 0.3) is 0 Å². The van der Waals surface area contributed by atoms with E-state index in [-0.39, 0.29) is 10.6 Å². The van der Waals surface area contributed by atoms with Crippen LogP contribution in [-0.2, 0) is 19.9 Å². The molecule has 146 valence electrons. The van der Waals surface area contributed by atoms with E-state index in [0.29, 0.717) is 37.6 Å². The van der Waals surface area contributed by atoms with E-state index in [1.807, 2.05) is 4.90 Å². The summed E-state index contributed by atoms with van der Waals surface area (Å²) in [7, 11) is -6.92. The normalized spacial score (nSPS) is 17.1. The number of hydrogen-bond acceptors (Lipinski definition) is 6. The minimum Gasteiger partial charge on any atom is -0.300 e. The summed E-state index contributed by atoms with van der Waals surface area (Å²) in [5, 5.41) is 0. The lowest BCUT2D eigenvalue weighted by Gasteiger charge is -2.33. The summed E-state index contributed by atoms with van der Waals surface area (Å²) in [6.07, 6.45) is 2.87. The summed E-state index contributed by atoms with van der Waals surface area (Å²) >= 11 is 3.29. The standard InChI is InChI=1S/C17H20BrN3O4S2/c18-15-3-5-16(6-4-15)26(22,23)13-12-20-8-10-21(11-9-20)27(24,25)17-2-1-7-19-14-17/h1-7,14H,8-13H2. The zero-order valence-corrected chi connectivity index (χ0v) is 17.7. The second kappa shape index (κ2) is 8.36. The zero-order valence-electron chi connectivity index (χ0n) is 14.5. The summed E-state index contributed by atoms with van der Waals surface area (Å²) in [4.78, 5) is 6.32. The van der Waals surface area contributed by atoms with Gasteiger partial charge in [0, 0.05) is 49.6 Å². The van der Waals surface area contributed by atoms with Gasteiger partial charge in [-0.15, -0.1) is 0 Å². The largest absolute Gasteiger partial charge is 0.300 e. The molecule has 0 amide bonds. The van der Waals surface area contributed by atoms with Gasteiger partial charge < -0.3 is 0 Å². The molecule has 10 heteroatoms. The van der Waals surface area contributed by atoms with Crippen molar-refractivity contribution in [3.05, 3.63) is 53.3 Å². The SMILES string of the molecule is O=S(=O)(CCN1CCN(S(=O)(=O)c2cccnc2)CC1)c1ccc(Br)cc1. The van der Waals surface area contributed by atoms with E-state index < -0.39 is 19.9 Å². The van der Waals surface area contributed by atoms with Crippen molar-refractivity contribution >= 4 is 35.8 Å². The van der Waals surface area contributed by atoms with Crippen LogP contribution >= 0.6 is 15.9 Å². The van der Waals surface area contributed by atoms with E-state index in [1.165, 1.54) is 22.8 Å². The highest BCUT2D eigenvalue weighted by Gasteiger charge is 2.29. The van der Waals surface area contributed by atoms with Gasteiger partial charge in [-0.1, -0.05) is 15.9 Å². The number of piperazine rings is 1.